The van der Waals surface area contributed by atoms with Crippen molar-refractivity contribution in [1.82, 2.24) is 25.2 Å². The highest BCUT2D eigenvalue weighted by Crippen LogP contribution is 2.44. The molecule has 1 aliphatic heterocycles. The molecule has 0 fully saturated rings. The number of halogens is 3. The predicted octanol–water partition coefficient (Wildman–Crippen LogP) is 0.740. The van der Waals surface area contributed by atoms with Gasteiger partial charge in [0, 0.05) is 0 Å². The van der Waals surface area contributed by atoms with Gasteiger partial charge in [0.15, 0.2) is 11.5 Å². The summed E-state index contributed by atoms with van der Waals surface area (Å²) in [6.45, 7) is 0.814. The SMILES string of the molecule is CC(O)(CS(N)(=O)=O)c1cccc(-c2nnn(Cc3c(F)ccc4c3OC(F)(F)O4)n2)n1. The van der Waals surface area contributed by atoms with Gasteiger partial charge in [0.25, 0.3) is 0 Å². The molecule has 1 aromatic carbocycles. The van der Waals surface area contributed by atoms with Crippen molar-refractivity contribution in [3.05, 3.63) is 47.4 Å². The Morgan fingerprint density at radius 3 is 2.72 bits per heavy atom. The summed E-state index contributed by atoms with van der Waals surface area (Å²) in [4.78, 5) is 5.07. The topological polar surface area (TPSA) is 155 Å². The van der Waals surface area contributed by atoms with Crippen LogP contribution in [0.1, 0.15) is 18.2 Å². The smallest absolute Gasteiger partial charge is 0.395 e. The molecule has 0 aliphatic carbocycles. The van der Waals surface area contributed by atoms with Crippen LogP contribution < -0.4 is 14.6 Å². The first-order valence-corrected chi connectivity index (χ1v) is 10.6. The Kier molecular flexibility index (Phi) is 5.06. The fourth-order valence-corrected chi connectivity index (χ4v) is 4.00. The number of alkyl halides is 2. The van der Waals surface area contributed by atoms with Crippen LogP contribution in [0.4, 0.5) is 13.2 Å². The van der Waals surface area contributed by atoms with Gasteiger partial charge in [-0.1, -0.05) is 6.07 Å². The molecule has 11 nitrogen and oxygen atoms in total. The zero-order chi connectivity index (χ0) is 23.3. The van der Waals surface area contributed by atoms with Gasteiger partial charge < -0.3 is 14.6 Å². The van der Waals surface area contributed by atoms with E-state index in [0.717, 1.165) is 16.9 Å². The molecule has 1 unspecified atom stereocenters. The molecule has 3 aromatic rings. The van der Waals surface area contributed by atoms with Gasteiger partial charge in [-0.2, -0.15) is 4.80 Å². The molecule has 0 bridgehead atoms. The molecule has 15 heteroatoms. The third-order valence-corrected chi connectivity index (χ3v) is 5.35. The number of ether oxygens (including phenoxy) is 2. The van der Waals surface area contributed by atoms with Gasteiger partial charge in [-0.25, -0.2) is 22.9 Å². The Hall–Kier alpha value is -3.30. The number of hydrogen-bond acceptors (Lipinski definition) is 9. The van der Waals surface area contributed by atoms with E-state index in [9.17, 15) is 26.7 Å². The van der Waals surface area contributed by atoms with Crippen molar-refractivity contribution in [2.45, 2.75) is 25.4 Å². The molecule has 0 amide bonds. The summed E-state index contributed by atoms with van der Waals surface area (Å²) in [6, 6.07) is 6.29. The minimum Gasteiger partial charge on any atom is -0.395 e. The van der Waals surface area contributed by atoms with E-state index in [1.165, 1.54) is 25.1 Å². The lowest BCUT2D eigenvalue weighted by Crippen LogP contribution is -2.35. The Balaban J connectivity index is 1.61. The molecule has 0 saturated heterocycles. The van der Waals surface area contributed by atoms with Crippen molar-refractivity contribution in [3.63, 3.8) is 0 Å². The van der Waals surface area contributed by atoms with E-state index in [1.807, 2.05) is 0 Å². The summed E-state index contributed by atoms with van der Waals surface area (Å²) >= 11 is 0. The van der Waals surface area contributed by atoms with Crippen molar-refractivity contribution in [1.29, 1.82) is 0 Å². The quantitative estimate of drug-likeness (QED) is 0.528. The Morgan fingerprint density at radius 1 is 1.25 bits per heavy atom. The fourth-order valence-electron chi connectivity index (χ4n) is 3.07. The molecule has 1 aliphatic rings. The number of nitrogens with zero attached hydrogens (tertiary/aromatic N) is 5. The molecule has 32 heavy (non-hydrogen) atoms. The maximum absolute atomic E-state index is 14.3. The first kappa shape index (κ1) is 21.9. The van der Waals surface area contributed by atoms with Crippen molar-refractivity contribution in [2.75, 3.05) is 5.75 Å². The second-order valence-corrected chi connectivity index (χ2v) is 8.77. The second kappa shape index (κ2) is 7.39. The third-order valence-electron chi connectivity index (χ3n) is 4.38. The van der Waals surface area contributed by atoms with Crippen LogP contribution in [0.25, 0.3) is 11.5 Å². The van der Waals surface area contributed by atoms with E-state index in [0.29, 0.717) is 0 Å². The summed E-state index contributed by atoms with van der Waals surface area (Å²) in [5, 5.41) is 27.0. The fraction of sp³-hybridized carbons (Fsp3) is 0.294. The third kappa shape index (κ3) is 4.49. The van der Waals surface area contributed by atoms with Crippen LogP contribution >= 0.6 is 0 Å². The molecule has 4 rings (SSSR count). The molecule has 2 aromatic heterocycles. The number of primary sulfonamides is 1. The number of hydrogen-bond donors (Lipinski definition) is 2. The summed E-state index contributed by atoms with van der Waals surface area (Å²) in [6.07, 6.45) is -3.93. The first-order chi connectivity index (χ1) is 14.8. The van der Waals surface area contributed by atoms with Gasteiger partial charge in [-0.3, -0.25) is 0 Å². The molecular formula is C17H15F3N6O5S. The maximum atomic E-state index is 14.3. The van der Waals surface area contributed by atoms with Crippen molar-refractivity contribution in [2.24, 2.45) is 5.14 Å². The predicted molar refractivity (Wildman–Crippen MR) is 100 cm³/mol. The Morgan fingerprint density at radius 2 is 2.00 bits per heavy atom. The number of benzene rings is 1. The maximum Gasteiger partial charge on any atom is 0.586 e. The molecule has 3 N–H and O–H groups in total. The van der Waals surface area contributed by atoms with Crippen LogP contribution in [-0.2, 0) is 22.2 Å². The van der Waals surface area contributed by atoms with E-state index in [1.54, 1.807) is 0 Å². The van der Waals surface area contributed by atoms with E-state index in [-0.39, 0.29) is 28.5 Å². The summed E-state index contributed by atoms with van der Waals surface area (Å²) in [5.74, 6) is -2.48. The zero-order valence-corrected chi connectivity index (χ0v) is 17.1. The van der Waals surface area contributed by atoms with E-state index < -0.39 is 45.8 Å². The lowest BCUT2D eigenvalue weighted by Gasteiger charge is -2.21. The molecule has 0 saturated carbocycles. The molecular weight excluding hydrogens is 457 g/mol. The van der Waals surface area contributed by atoms with Crippen molar-refractivity contribution >= 4 is 10.0 Å². The van der Waals surface area contributed by atoms with Gasteiger partial charge in [0.2, 0.25) is 15.8 Å². The van der Waals surface area contributed by atoms with Gasteiger partial charge in [0.1, 0.15) is 17.1 Å². The summed E-state index contributed by atoms with van der Waals surface area (Å²) in [7, 11) is -4.00. The lowest BCUT2D eigenvalue weighted by molar-refractivity contribution is -0.287. The standard InChI is InChI=1S/C17H15F3N6O5S/c1-16(27,8-32(21,28)29)13-4-2-3-11(22-13)15-23-25-26(24-15)7-9-10(18)5-6-12-14(9)31-17(19,20)30-12/h2-6,27H,7-8H2,1H3,(H2,21,28,29). The van der Waals surface area contributed by atoms with E-state index in [4.69, 9.17) is 5.14 Å². The Labute approximate surface area is 178 Å². The van der Waals surface area contributed by atoms with Crippen molar-refractivity contribution < 1.29 is 36.2 Å². The number of aliphatic hydroxyl groups is 1. The normalized spacial score (nSPS) is 16.7. The van der Waals surface area contributed by atoms with Crippen LogP contribution in [0.3, 0.4) is 0 Å². The average Bonchev–Trinajstić information content (AvgIpc) is 3.26. The summed E-state index contributed by atoms with van der Waals surface area (Å²) in [5.41, 5.74) is -2.06. The van der Waals surface area contributed by atoms with Crippen molar-refractivity contribution in [3.8, 4) is 23.0 Å². The van der Waals surface area contributed by atoms with E-state index >= 15 is 0 Å². The monoisotopic (exact) mass is 472 g/mol. The largest absolute Gasteiger partial charge is 0.586 e. The average molecular weight is 472 g/mol. The van der Waals surface area contributed by atoms with Crippen LogP contribution in [-0.4, -0.2) is 50.8 Å². The van der Waals surface area contributed by atoms with Gasteiger partial charge in [-0.15, -0.1) is 19.0 Å². The zero-order valence-electron chi connectivity index (χ0n) is 16.2. The molecule has 0 radical (unpaired) electrons. The molecule has 1 atom stereocenters. The number of sulfonamides is 1. The number of nitrogens with two attached hydrogens (primary N) is 1. The van der Waals surface area contributed by atoms with Crippen LogP contribution in [0, 0.1) is 5.82 Å². The summed E-state index contributed by atoms with van der Waals surface area (Å²) < 4.78 is 72.4. The number of aromatic nitrogens is 5. The molecule has 3 heterocycles. The van der Waals surface area contributed by atoms with E-state index in [2.05, 4.69) is 29.9 Å². The number of tetrazole rings is 1. The second-order valence-electron chi connectivity index (χ2n) is 7.15. The van der Waals surface area contributed by atoms with Gasteiger partial charge in [0.05, 0.1) is 23.6 Å². The number of rotatable bonds is 6. The van der Waals surface area contributed by atoms with Crippen LogP contribution in [0.2, 0.25) is 0 Å². The minimum absolute atomic E-state index is 0.0138. The van der Waals surface area contributed by atoms with Gasteiger partial charge in [-0.05, 0) is 36.4 Å². The van der Waals surface area contributed by atoms with Crippen LogP contribution in [0.15, 0.2) is 30.3 Å². The molecule has 170 valence electrons. The Bertz CT molecular complexity index is 1300. The number of pyridine rings is 1. The van der Waals surface area contributed by atoms with Crippen LogP contribution in [0.5, 0.6) is 11.5 Å². The number of fused-ring (bicyclic) bond motifs is 1. The highest BCUT2D eigenvalue weighted by molar-refractivity contribution is 7.89. The highest BCUT2D eigenvalue weighted by Gasteiger charge is 2.45. The van der Waals surface area contributed by atoms with Gasteiger partial charge >= 0.3 is 6.29 Å². The molecule has 0 spiro atoms. The minimum atomic E-state index is -4.00. The highest BCUT2D eigenvalue weighted by atomic mass is 32.2. The lowest BCUT2D eigenvalue weighted by atomic mass is 10.0. The first-order valence-electron chi connectivity index (χ1n) is 8.89.